The molecule has 3 heteroatoms. The van der Waals surface area contributed by atoms with Crippen LogP contribution >= 0.6 is 17.0 Å². The maximum atomic E-state index is 4.93. The van der Waals surface area contributed by atoms with Gasteiger partial charge in [0.05, 0.1) is 0 Å². The average molecular weight is 497 g/mol. The van der Waals surface area contributed by atoms with Gasteiger partial charge in [-0.1, -0.05) is 73.3 Å². The van der Waals surface area contributed by atoms with Crippen molar-refractivity contribution in [1.29, 1.82) is 0 Å². The second kappa shape index (κ2) is 13.8. The predicted molar refractivity (Wildman–Crippen MR) is 125 cm³/mol. The van der Waals surface area contributed by atoms with Gasteiger partial charge in [-0.2, -0.15) is 33.9 Å². The van der Waals surface area contributed by atoms with E-state index < -0.39 is 20.8 Å². The van der Waals surface area contributed by atoms with E-state index in [0.29, 0.717) is 0 Å². The SMILES string of the molecule is CCCCc1cc2ccccc2[cH-]1.CCCc1c(C)c(C)c(C)[c-]1C.[Cl][Zr+2][Cl]. The molecular weight excluding hydrogens is 462 g/mol. The van der Waals surface area contributed by atoms with Gasteiger partial charge in [0.25, 0.3) is 0 Å². The van der Waals surface area contributed by atoms with E-state index >= 15 is 0 Å². The molecule has 0 aliphatic carbocycles. The Balaban J connectivity index is 0.000000247. The third-order valence-electron chi connectivity index (χ3n) is 5.59. The fourth-order valence-corrected chi connectivity index (χ4v) is 3.66. The zero-order chi connectivity index (χ0) is 21.1. The standard InChI is InChI=1S/C13H15.C12H19.2ClH.Zr/c1-2-3-6-11-9-12-7-4-5-8-13(12)10-11;1-6-7-12-10(4)8(2)9(3)11(12)5;;;/h4-5,7-10H,2-3,6H2,1H3;6-7H2,1-5H3;2*1H;/q2*-1;;;+4/p-2. The van der Waals surface area contributed by atoms with Gasteiger partial charge in [0.1, 0.15) is 0 Å². The molecule has 0 aliphatic heterocycles. The minimum absolute atomic E-state index is 0.826. The van der Waals surface area contributed by atoms with E-state index in [1.165, 1.54) is 70.7 Å². The van der Waals surface area contributed by atoms with E-state index in [1.54, 1.807) is 5.56 Å². The molecule has 3 rings (SSSR count). The van der Waals surface area contributed by atoms with Crippen molar-refractivity contribution >= 4 is 27.8 Å². The van der Waals surface area contributed by atoms with Crippen molar-refractivity contribution in [1.82, 2.24) is 0 Å². The zero-order valence-electron chi connectivity index (χ0n) is 18.3. The van der Waals surface area contributed by atoms with Crippen LogP contribution in [-0.2, 0) is 33.7 Å². The summed E-state index contributed by atoms with van der Waals surface area (Å²) in [4.78, 5) is 0. The van der Waals surface area contributed by atoms with Crippen molar-refractivity contribution in [3.05, 3.63) is 69.8 Å². The molecule has 0 saturated carbocycles. The molecule has 0 spiro atoms. The van der Waals surface area contributed by atoms with Crippen molar-refractivity contribution in [3.63, 3.8) is 0 Å². The van der Waals surface area contributed by atoms with E-state index in [0.717, 1.165) is 0 Å². The molecule has 0 unspecified atom stereocenters. The van der Waals surface area contributed by atoms with Crippen molar-refractivity contribution in [2.75, 3.05) is 0 Å². The van der Waals surface area contributed by atoms with Gasteiger partial charge in [0.15, 0.2) is 0 Å². The summed E-state index contributed by atoms with van der Waals surface area (Å²) >= 11 is -0.826. The Morgan fingerprint density at radius 3 is 2.11 bits per heavy atom. The number of aryl methyl sites for hydroxylation is 1. The van der Waals surface area contributed by atoms with Crippen LogP contribution in [0.25, 0.3) is 10.8 Å². The van der Waals surface area contributed by atoms with Crippen LogP contribution in [-0.4, -0.2) is 0 Å². The van der Waals surface area contributed by atoms with Gasteiger partial charge in [-0.25, -0.2) is 0 Å². The molecule has 0 heterocycles. The van der Waals surface area contributed by atoms with Crippen LogP contribution in [0.15, 0.2) is 36.4 Å². The van der Waals surface area contributed by atoms with E-state index in [9.17, 15) is 0 Å². The molecule has 0 fully saturated rings. The van der Waals surface area contributed by atoms with Crippen LogP contribution in [0.2, 0.25) is 0 Å². The Morgan fingerprint density at radius 2 is 1.61 bits per heavy atom. The molecule has 0 radical (unpaired) electrons. The molecular formula is C25H34Cl2Zr. The summed E-state index contributed by atoms with van der Waals surface area (Å²) in [5.74, 6) is 0. The third kappa shape index (κ3) is 7.48. The van der Waals surface area contributed by atoms with Gasteiger partial charge in [-0.05, 0) is 6.42 Å². The molecule has 3 aromatic rings. The van der Waals surface area contributed by atoms with Crippen molar-refractivity contribution < 1.29 is 20.8 Å². The van der Waals surface area contributed by atoms with Gasteiger partial charge < -0.3 is 0 Å². The summed E-state index contributed by atoms with van der Waals surface area (Å²) in [5.41, 5.74) is 9.11. The predicted octanol–water partition coefficient (Wildman–Crippen LogP) is 8.87. The van der Waals surface area contributed by atoms with E-state index in [-0.39, 0.29) is 0 Å². The normalized spacial score (nSPS) is 10.0. The number of halogens is 2. The molecule has 0 nitrogen and oxygen atoms in total. The fraction of sp³-hybridized carbons (Fsp3) is 0.440. The number of unbranched alkanes of at least 4 members (excludes halogenated alkanes) is 1. The Labute approximate surface area is 191 Å². The molecule has 0 aliphatic rings. The van der Waals surface area contributed by atoms with Crippen LogP contribution in [0.1, 0.15) is 66.5 Å². The molecule has 0 bridgehead atoms. The monoisotopic (exact) mass is 494 g/mol. The molecule has 0 amide bonds. The molecule has 0 atom stereocenters. The first kappa shape index (κ1) is 25.7. The molecule has 28 heavy (non-hydrogen) atoms. The fourth-order valence-electron chi connectivity index (χ4n) is 3.66. The number of fused-ring (bicyclic) bond motifs is 1. The third-order valence-corrected chi connectivity index (χ3v) is 5.59. The Hall–Kier alpha value is -0.357. The first-order valence-electron chi connectivity index (χ1n) is 10.2. The van der Waals surface area contributed by atoms with Gasteiger partial charge >= 0.3 is 37.9 Å². The molecule has 3 aromatic carbocycles. The van der Waals surface area contributed by atoms with Crippen molar-refractivity contribution in [2.45, 2.75) is 73.6 Å². The summed E-state index contributed by atoms with van der Waals surface area (Å²) in [6, 6.07) is 13.2. The topological polar surface area (TPSA) is 0 Å². The van der Waals surface area contributed by atoms with Gasteiger partial charge in [-0.3, -0.25) is 0 Å². The van der Waals surface area contributed by atoms with E-state index in [2.05, 4.69) is 77.9 Å². The Morgan fingerprint density at radius 1 is 0.964 bits per heavy atom. The summed E-state index contributed by atoms with van der Waals surface area (Å²) in [6.45, 7) is 13.5. The van der Waals surface area contributed by atoms with Crippen LogP contribution in [0, 0.1) is 27.7 Å². The van der Waals surface area contributed by atoms with Gasteiger partial charge in [-0.15, -0.1) is 40.6 Å². The first-order chi connectivity index (χ1) is 13.4. The second-order valence-electron chi connectivity index (χ2n) is 7.40. The molecule has 0 saturated heterocycles. The van der Waals surface area contributed by atoms with Crippen LogP contribution < -0.4 is 0 Å². The average Bonchev–Trinajstić information content (AvgIpc) is 3.19. The van der Waals surface area contributed by atoms with E-state index in [1.807, 2.05) is 0 Å². The van der Waals surface area contributed by atoms with Gasteiger partial charge in [0.2, 0.25) is 0 Å². The van der Waals surface area contributed by atoms with Crippen LogP contribution in [0.5, 0.6) is 0 Å². The van der Waals surface area contributed by atoms with Crippen LogP contribution in [0.3, 0.4) is 0 Å². The Bertz CT molecular complexity index is 768. The number of hydrogen-bond donors (Lipinski definition) is 0. The number of benzene rings is 1. The van der Waals surface area contributed by atoms with E-state index in [4.69, 9.17) is 17.0 Å². The van der Waals surface area contributed by atoms with Crippen LogP contribution in [0.4, 0.5) is 0 Å². The summed E-state index contributed by atoms with van der Waals surface area (Å²) in [7, 11) is 9.87. The molecule has 0 N–H and O–H groups in total. The summed E-state index contributed by atoms with van der Waals surface area (Å²) < 4.78 is 0. The van der Waals surface area contributed by atoms with Crippen molar-refractivity contribution in [2.24, 2.45) is 0 Å². The quantitative estimate of drug-likeness (QED) is 0.309. The minimum atomic E-state index is -0.826. The first-order valence-corrected chi connectivity index (χ1v) is 16.6. The Kier molecular flexibility index (Phi) is 12.6. The van der Waals surface area contributed by atoms with Gasteiger partial charge in [0, 0.05) is 0 Å². The second-order valence-corrected chi connectivity index (χ2v) is 11.1. The molecule has 152 valence electrons. The summed E-state index contributed by atoms with van der Waals surface area (Å²) in [6.07, 6.45) is 6.31. The number of hydrogen-bond acceptors (Lipinski definition) is 0. The zero-order valence-corrected chi connectivity index (χ0v) is 22.2. The maximum absolute atomic E-state index is 4.93. The summed E-state index contributed by atoms with van der Waals surface area (Å²) in [5, 5.41) is 2.77. The van der Waals surface area contributed by atoms with Crippen molar-refractivity contribution in [3.8, 4) is 0 Å². The molecule has 0 aromatic heterocycles. The number of rotatable bonds is 5.